The van der Waals surface area contributed by atoms with Crippen LogP contribution in [0.25, 0.3) is 10.9 Å². The Morgan fingerprint density at radius 2 is 2.06 bits per heavy atom. The van der Waals surface area contributed by atoms with E-state index in [9.17, 15) is 9.59 Å². The smallest absolute Gasteiger partial charge is 0.397 e. The largest absolute Gasteiger partial charge is 0.459 e. The maximum atomic E-state index is 11.8. The van der Waals surface area contributed by atoms with Crippen molar-refractivity contribution >= 4 is 28.5 Å². The molecule has 0 saturated heterocycles. The van der Waals surface area contributed by atoms with Gasteiger partial charge in [0.2, 0.25) is 0 Å². The molecule has 2 aromatic rings. The van der Waals surface area contributed by atoms with Gasteiger partial charge < -0.3 is 14.6 Å². The van der Waals surface area contributed by atoms with Gasteiger partial charge in [-0.3, -0.25) is 4.79 Å². The lowest BCUT2D eigenvalue weighted by atomic mass is 10.2. The van der Waals surface area contributed by atoms with Crippen LogP contribution < -0.4 is 4.90 Å². The summed E-state index contributed by atoms with van der Waals surface area (Å²) in [6.45, 7) is 1.85. The number of hydrogen-bond donors (Lipinski definition) is 1. The number of aromatic nitrogens is 1. The lowest BCUT2D eigenvalue weighted by molar-refractivity contribution is -0.153. The first-order chi connectivity index (χ1) is 8.65. The number of nitrogens with one attached hydrogen (secondary N) is 1. The highest BCUT2D eigenvalue weighted by atomic mass is 16.5. The molecule has 1 heterocycles. The van der Waals surface area contributed by atoms with Crippen molar-refractivity contribution in [3.63, 3.8) is 0 Å². The molecule has 18 heavy (non-hydrogen) atoms. The van der Waals surface area contributed by atoms with Crippen LogP contribution in [0, 0.1) is 0 Å². The SMILES string of the molecule is CCOC(=O)C(=O)N(C)c1c[nH]c2ccccc12. The molecular weight excluding hydrogens is 232 g/mol. The number of aromatic amines is 1. The Morgan fingerprint density at radius 3 is 2.78 bits per heavy atom. The Hall–Kier alpha value is -2.30. The summed E-state index contributed by atoms with van der Waals surface area (Å²) in [7, 11) is 1.55. The van der Waals surface area contributed by atoms with Gasteiger partial charge in [0.1, 0.15) is 0 Å². The highest BCUT2D eigenvalue weighted by Crippen LogP contribution is 2.25. The lowest BCUT2D eigenvalue weighted by Crippen LogP contribution is -2.34. The van der Waals surface area contributed by atoms with Gasteiger partial charge in [0, 0.05) is 24.1 Å². The monoisotopic (exact) mass is 246 g/mol. The molecule has 2 rings (SSSR count). The second-order valence-corrected chi connectivity index (χ2v) is 3.80. The van der Waals surface area contributed by atoms with Gasteiger partial charge in [0.05, 0.1) is 12.3 Å². The molecule has 0 bridgehead atoms. The fraction of sp³-hybridized carbons (Fsp3) is 0.231. The van der Waals surface area contributed by atoms with Crippen molar-refractivity contribution in [3.8, 4) is 0 Å². The molecule has 0 atom stereocenters. The number of nitrogens with zero attached hydrogens (tertiary/aromatic N) is 1. The van der Waals surface area contributed by atoms with Crippen molar-refractivity contribution < 1.29 is 14.3 Å². The zero-order chi connectivity index (χ0) is 13.1. The van der Waals surface area contributed by atoms with Crippen LogP contribution in [0.4, 0.5) is 5.69 Å². The zero-order valence-corrected chi connectivity index (χ0v) is 10.3. The summed E-state index contributed by atoms with van der Waals surface area (Å²) in [5.74, 6) is -1.52. The lowest BCUT2D eigenvalue weighted by Gasteiger charge is -2.14. The summed E-state index contributed by atoms with van der Waals surface area (Å²) in [6.07, 6.45) is 1.70. The molecule has 0 aliphatic heterocycles. The number of para-hydroxylation sites is 1. The molecule has 0 fully saturated rings. The molecule has 1 aromatic carbocycles. The maximum Gasteiger partial charge on any atom is 0.397 e. The molecule has 0 saturated carbocycles. The summed E-state index contributed by atoms with van der Waals surface area (Å²) < 4.78 is 4.69. The van der Waals surface area contributed by atoms with E-state index < -0.39 is 11.9 Å². The van der Waals surface area contributed by atoms with Crippen LogP contribution in [0.1, 0.15) is 6.92 Å². The number of carbonyl (C=O) groups is 2. The van der Waals surface area contributed by atoms with Crippen LogP contribution in [-0.4, -0.2) is 30.5 Å². The van der Waals surface area contributed by atoms with E-state index in [-0.39, 0.29) is 6.61 Å². The minimum absolute atomic E-state index is 0.187. The Morgan fingerprint density at radius 1 is 1.33 bits per heavy atom. The number of benzene rings is 1. The molecule has 94 valence electrons. The number of likely N-dealkylation sites (N-methyl/N-ethyl adjacent to an activating group) is 1. The highest BCUT2D eigenvalue weighted by Gasteiger charge is 2.22. The van der Waals surface area contributed by atoms with E-state index in [0.29, 0.717) is 5.69 Å². The van der Waals surface area contributed by atoms with E-state index >= 15 is 0 Å². The van der Waals surface area contributed by atoms with Gasteiger partial charge in [-0.1, -0.05) is 18.2 Å². The topological polar surface area (TPSA) is 62.4 Å². The van der Waals surface area contributed by atoms with Gasteiger partial charge >= 0.3 is 11.9 Å². The van der Waals surface area contributed by atoms with Crippen molar-refractivity contribution in [2.24, 2.45) is 0 Å². The summed E-state index contributed by atoms with van der Waals surface area (Å²) in [5.41, 5.74) is 1.57. The number of fused-ring (bicyclic) bond motifs is 1. The first-order valence-electron chi connectivity index (χ1n) is 5.66. The summed E-state index contributed by atoms with van der Waals surface area (Å²) in [4.78, 5) is 27.5. The molecule has 5 heteroatoms. The molecule has 1 aromatic heterocycles. The Bertz CT molecular complexity index is 589. The number of ether oxygens (including phenoxy) is 1. The van der Waals surface area contributed by atoms with E-state index in [1.54, 1.807) is 20.2 Å². The van der Waals surface area contributed by atoms with Gasteiger partial charge in [0.15, 0.2) is 0 Å². The predicted molar refractivity (Wildman–Crippen MR) is 68.3 cm³/mol. The van der Waals surface area contributed by atoms with E-state index in [2.05, 4.69) is 4.98 Å². The molecule has 0 spiro atoms. The van der Waals surface area contributed by atoms with E-state index in [4.69, 9.17) is 4.74 Å². The molecule has 1 N–H and O–H groups in total. The number of anilines is 1. The Balaban J connectivity index is 2.31. The van der Waals surface area contributed by atoms with Crippen molar-refractivity contribution in [1.82, 2.24) is 4.98 Å². The molecule has 0 aliphatic rings. The van der Waals surface area contributed by atoms with E-state index in [1.807, 2.05) is 24.3 Å². The second-order valence-electron chi connectivity index (χ2n) is 3.80. The van der Waals surface area contributed by atoms with Crippen LogP contribution in [0.2, 0.25) is 0 Å². The van der Waals surface area contributed by atoms with Crippen molar-refractivity contribution in [1.29, 1.82) is 0 Å². The summed E-state index contributed by atoms with van der Waals surface area (Å²) in [5, 5.41) is 0.887. The molecule has 5 nitrogen and oxygen atoms in total. The normalized spacial score (nSPS) is 10.3. The fourth-order valence-corrected chi connectivity index (χ4v) is 1.77. The summed E-state index contributed by atoms with van der Waals surface area (Å²) in [6, 6.07) is 7.57. The van der Waals surface area contributed by atoms with E-state index in [1.165, 1.54) is 4.90 Å². The summed E-state index contributed by atoms with van der Waals surface area (Å²) >= 11 is 0. The van der Waals surface area contributed by atoms with Crippen LogP contribution in [0.5, 0.6) is 0 Å². The second kappa shape index (κ2) is 4.91. The van der Waals surface area contributed by atoms with Crippen molar-refractivity contribution in [3.05, 3.63) is 30.5 Å². The number of hydrogen-bond acceptors (Lipinski definition) is 3. The zero-order valence-electron chi connectivity index (χ0n) is 10.3. The Labute approximate surface area is 104 Å². The number of rotatable bonds is 2. The number of esters is 1. The van der Waals surface area contributed by atoms with Crippen LogP contribution in [0.15, 0.2) is 30.5 Å². The van der Waals surface area contributed by atoms with E-state index in [0.717, 1.165) is 10.9 Å². The fourth-order valence-electron chi connectivity index (χ4n) is 1.77. The van der Waals surface area contributed by atoms with Gasteiger partial charge in [-0.15, -0.1) is 0 Å². The molecular formula is C13H14N2O3. The quantitative estimate of drug-likeness (QED) is 0.648. The first kappa shape index (κ1) is 12.2. The van der Waals surface area contributed by atoms with Gasteiger partial charge in [-0.05, 0) is 13.0 Å². The number of H-pyrrole nitrogens is 1. The molecule has 0 radical (unpaired) electrons. The van der Waals surface area contributed by atoms with Crippen molar-refractivity contribution in [2.75, 3.05) is 18.6 Å². The minimum Gasteiger partial charge on any atom is -0.459 e. The third-order valence-electron chi connectivity index (χ3n) is 2.68. The number of amides is 1. The van der Waals surface area contributed by atoms with Crippen LogP contribution in [0.3, 0.4) is 0 Å². The van der Waals surface area contributed by atoms with Gasteiger partial charge in [-0.25, -0.2) is 4.79 Å². The van der Waals surface area contributed by atoms with Crippen molar-refractivity contribution in [2.45, 2.75) is 6.92 Å². The predicted octanol–water partition coefficient (Wildman–Crippen LogP) is 1.69. The highest BCUT2D eigenvalue weighted by molar-refractivity contribution is 6.38. The Kier molecular flexibility index (Phi) is 3.32. The third-order valence-corrected chi connectivity index (χ3v) is 2.68. The van der Waals surface area contributed by atoms with Crippen LogP contribution in [-0.2, 0) is 14.3 Å². The van der Waals surface area contributed by atoms with Gasteiger partial charge in [0.25, 0.3) is 0 Å². The number of carbonyl (C=O) groups excluding carboxylic acids is 2. The molecule has 0 unspecified atom stereocenters. The average Bonchev–Trinajstić information content (AvgIpc) is 2.81. The third kappa shape index (κ3) is 2.07. The average molecular weight is 246 g/mol. The first-order valence-corrected chi connectivity index (χ1v) is 5.66. The van der Waals surface area contributed by atoms with Crippen LogP contribution >= 0.6 is 0 Å². The maximum absolute atomic E-state index is 11.8. The molecule has 1 amide bonds. The standard InChI is InChI=1S/C13H14N2O3/c1-3-18-13(17)12(16)15(2)11-8-14-10-7-5-4-6-9(10)11/h4-8,14H,3H2,1-2H3. The van der Waals surface area contributed by atoms with Gasteiger partial charge in [-0.2, -0.15) is 0 Å². The molecule has 0 aliphatic carbocycles. The minimum atomic E-state index is -0.842.